The van der Waals surface area contributed by atoms with Crippen molar-refractivity contribution in [3.8, 4) is 11.5 Å². The number of rotatable bonds is 8. The van der Waals surface area contributed by atoms with Crippen molar-refractivity contribution in [3.63, 3.8) is 0 Å². The van der Waals surface area contributed by atoms with E-state index in [9.17, 15) is 22.8 Å². The molecule has 2 aromatic rings. The maximum absolute atomic E-state index is 12.6. The number of nitrogens with one attached hydrogen (secondary N) is 1. The third-order valence-corrected chi connectivity index (χ3v) is 4.12. The molecule has 0 bridgehead atoms. The Kier molecular flexibility index (Phi) is 7.89. The van der Waals surface area contributed by atoms with Gasteiger partial charge in [0.05, 0.1) is 25.0 Å². The third kappa shape index (κ3) is 6.67. The fourth-order valence-electron chi connectivity index (χ4n) is 2.29. The molecule has 0 aromatic heterocycles. The van der Waals surface area contributed by atoms with Gasteiger partial charge in [0.25, 0.3) is 5.91 Å². The van der Waals surface area contributed by atoms with E-state index in [0.29, 0.717) is 18.4 Å². The lowest BCUT2D eigenvalue weighted by Gasteiger charge is -2.15. The molecule has 0 saturated heterocycles. The van der Waals surface area contributed by atoms with Crippen molar-refractivity contribution in [2.24, 2.45) is 0 Å². The van der Waals surface area contributed by atoms with Gasteiger partial charge < -0.3 is 19.5 Å². The second kappa shape index (κ2) is 10.1. The number of para-hydroxylation sites is 1. The second-order valence-electron chi connectivity index (χ2n) is 5.59. The highest BCUT2D eigenvalue weighted by molar-refractivity contribution is 9.09. The van der Waals surface area contributed by atoms with Crippen LogP contribution in [0.15, 0.2) is 42.5 Å². The molecule has 0 radical (unpaired) electrons. The first-order valence-corrected chi connectivity index (χ1v) is 9.44. The highest BCUT2D eigenvalue weighted by atomic mass is 79.9. The summed E-state index contributed by atoms with van der Waals surface area (Å²) in [6, 6.07) is 8.99. The van der Waals surface area contributed by atoms with Crippen LogP contribution in [-0.4, -0.2) is 37.3 Å². The quantitative estimate of drug-likeness (QED) is 0.337. The number of carbonyl (C=O) groups excluding carboxylic acids is 2. The molecule has 0 heterocycles. The fraction of sp³-hybridized carbons (Fsp3) is 0.263. The van der Waals surface area contributed by atoms with Crippen molar-refractivity contribution in [2.75, 3.05) is 24.4 Å². The first-order chi connectivity index (χ1) is 13.7. The first kappa shape index (κ1) is 22.5. The van der Waals surface area contributed by atoms with Crippen LogP contribution in [0.4, 0.5) is 18.9 Å². The number of halogens is 4. The van der Waals surface area contributed by atoms with Crippen molar-refractivity contribution < 1.29 is 37.0 Å². The van der Waals surface area contributed by atoms with E-state index in [1.807, 2.05) is 0 Å². The molecule has 2 rings (SSSR count). The molecule has 0 aliphatic heterocycles. The minimum absolute atomic E-state index is 0.0607. The summed E-state index contributed by atoms with van der Waals surface area (Å²) in [5.74, 6) is -1.52. The van der Waals surface area contributed by atoms with Gasteiger partial charge in [0, 0.05) is 10.9 Å². The highest BCUT2D eigenvalue weighted by Gasteiger charge is 2.31. The van der Waals surface area contributed by atoms with Gasteiger partial charge in [-0.2, -0.15) is 0 Å². The summed E-state index contributed by atoms with van der Waals surface area (Å²) in [7, 11) is 1.20. The van der Waals surface area contributed by atoms with Crippen LogP contribution in [0.3, 0.4) is 0 Å². The van der Waals surface area contributed by atoms with E-state index in [1.54, 1.807) is 12.1 Å². The molecule has 0 saturated carbocycles. The normalized spacial score (nSPS) is 10.9. The lowest BCUT2D eigenvalue weighted by atomic mass is 10.1. The summed E-state index contributed by atoms with van der Waals surface area (Å²) in [4.78, 5) is 24.6. The largest absolute Gasteiger partial charge is 0.573 e. The molecular formula is C19H17BrF3NO5. The third-order valence-electron chi connectivity index (χ3n) is 3.56. The van der Waals surface area contributed by atoms with Crippen LogP contribution in [0.1, 0.15) is 27.1 Å². The fourth-order valence-corrected chi connectivity index (χ4v) is 2.52. The van der Waals surface area contributed by atoms with E-state index in [2.05, 4.69) is 26.0 Å². The Labute approximate surface area is 173 Å². The smallest absolute Gasteiger partial charge is 0.491 e. The molecule has 0 fully saturated rings. The number of methoxy groups -OCH3 is 1. The standard InChI is InChI=1S/C19H17BrF3NO5/c1-27-18(26)14-4-2-5-15(28-11-3-10-20)16(14)24-17(25)12-6-8-13(9-7-12)29-19(21,22)23/h2,4-9H,3,10-11H2,1H3,(H,24,25). The Balaban J connectivity index is 2.26. The van der Waals surface area contributed by atoms with Crippen LogP contribution in [0, 0.1) is 0 Å². The Morgan fingerprint density at radius 1 is 1.10 bits per heavy atom. The number of alkyl halides is 4. The molecule has 0 spiro atoms. The summed E-state index contributed by atoms with van der Waals surface area (Å²) < 4.78 is 50.9. The van der Waals surface area contributed by atoms with Crippen LogP contribution in [-0.2, 0) is 4.74 Å². The summed E-state index contributed by atoms with van der Waals surface area (Å²) in [6.07, 6.45) is -4.14. The number of esters is 1. The van der Waals surface area contributed by atoms with Gasteiger partial charge in [-0.3, -0.25) is 4.79 Å². The van der Waals surface area contributed by atoms with E-state index < -0.39 is 24.0 Å². The van der Waals surface area contributed by atoms with Crippen molar-refractivity contribution in [1.29, 1.82) is 0 Å². The Bertz CT molecular complexity index is 856. The first-order valence-electron chi connectivity index (χ1n) is 8.32. The molecule has 0 aliphatic rings. The molecule has 29 heavy (non-hydrogen) atoms. The molecule has 10 heteroatoms. The summed E-state index contributed by atoms with van der Waals surface area (Å²) >= 11 is 3.28. The molecule has 2 aromatic carbocycles. The Morgan fingerprint density at radius 3 is 2.38 bits per heavy atom. The second-order valence-corrected chi connectivity index (χ2v) is 6.38. The topological polar surface area (TPSA) is 73.9 Å². The van der Waals surface area contributed by atoms with Crippen LogP contribution >= 0.6 is 15.9 Å². The maximum Gasteiger partial charge on any atom is 0.573 e. The number of ether oxygens (including phenoxy) is 3. The predicted octanol–water partition coefficient (Wildman–Crippen LogP) is 4.79. The van der Waals surface area contributed by atoms with Crippen LogP contribution < -0.4 is 14.8 Å². The van der Waals surface area contributed by atoms with E-state index in [4.69, 9.17) is 9.47 Å². The molecule has 0 unspecified atom stereocenters. The summed E-state index contributed by atoms with van der Waals surface area (Å²) in [5.41, 5.74) is 0.245. The van der Waals surface area contributed by atoms with Crippen LogP contribution in [0.25, 0.3) is 0 Å². The van der Waals surface area contributed by atoms with Gasteiger partial charge >= 0.3 is 12.3 Å². The zero-order valence-electron chi connectivity index (χ0n) is 15.2. The van der Waals surface area contributed by atoms with E-state index in [-0.39, 0.29) is 22.6 Å². The monoisotopic (exact) mass is 475 g/mol. The number of benzene rings is 2. The number of amides is 1. The van der Waals surface area contributed by atoms with Gasteiger partial charge in [0.1, 0.15) is 11.5 Å². The summed E-state index contributed by atoms with van der Waals surface area (Å²) in [6.45, 7) is 0.336. The maximum atomic E-state index is 12.6. The van der Waals surface area contributed by atoms with Crippen LogP contribution in [0.2, 0.25) is 0 Å². The van der Waals surface area contributed by atoms with E-state index in [1.165, 1.54) is 25.3 Å². The van der Waals surface area contributed by atoms with Crippen molar-refractivity contribution in [2.45, 2.75) is 12.8 Å². The number of carbonyl (C=O) groups is 2. The zero-order chi connectivity index (χ0) is 21.4. The summed E-state index contributed by atoms with van der Waals surface area (Å²) in [5, 5.41) is 3.27. The van der Waals surface area contributed by atoms with Crippen LogP contribution in [0.5, 0.6) is 11.5 Å². The number of anilines is 1. The van der Waals surface area contributed by atoms with Gasteiger partial charge in [0.15, 0.2) is 0 Å². The molecule has 0 aliphatic carbocycles. The lowest BCUT2D eigenvalue weighted by Crippen LogP contribution is -2.18. The average Bonchev–Trinajstić information content (AvgIpc) is 2.68. The Hall–Kier alpha value is -2.75. The van der Waals surface area contributed by atoms with Gasteiger partial charge in [0.2, 0.25) is 0 Å². The van der Waals surface area contributed by atoms with Gasteiger partial charge in [-0.15, -0.1) is 13.2 Å². The van der Waals surface area contributed by atoms with Gasteiger partial charge in [-0.1, -0.05) is 22.0 Å². The number of hydrogen-bond acceptors (Lipinski definition) is 5. The molecule has 1 amide bonds. The SMILES string of the molecule is COC(=O)c1cccc(OCCCBr)c1NC(=O)c1ccc(OC(F)(F)F)cc1. The minimum Gasteiger partial charge on any atom is -0.491 e. The molecule has 6 nitrogen and oxygen atoms in total. The van der Waals surface area contributed by atoms with E-state index >= 15 is 0 Å². The minimum atomic E-state index is -4.83. The molecule has 156 valence electrons. The van der Waals surface area contributed by atoms with Gasteiger partial charge in [-0.05, 0) is 42.8 Å². The lowest BCUT2D eigenvalue weighted by molar-refractivity contribution is -0.274. The van der Waals surface area contributed by atoms with Crippen molar-refractivity contribution >= 4 is 33.5 Å². The van der Waals surface area contributed by atoms with Crippen molar-refractivity contribution in [3.05, 3.63) is 53.6 Å². The zero-order valence-corrected chi connectivity index (χ0v) is 16.8. The Morgan fingerprint density at radius 2 is 1.79 bits per heavy atom. The highest BCUT2D eigenvalue weighted by Crippen LogP contribution is 2.30. The average molecular weight is 476 g/mol. The van der Waals surface area contributed by atoms with E-state index in [0.717, 1.165) is 12.1 Å². The predicted molar refractivity (Wildman–Crippen MR) is 103 cm³/mol. The number of hydrogen-bond donors (Lipinski definition) is 1. The van der Waals surface area contributed by atoms with Crippen molar-refractivity contribution in [1.82, 2.24) is 0 Å². The van der Waals surface area contributed by atoms with Gasteiger partial charge in [-0.25, -0.2) is 4.79 Å². The molecular weight excluding hydrogens is 459 g/mol. The molecule has 1 N–H and O–H groups in total. The molecule has 0 atom stereocenters.